The minimum atomic E-state index is -4.56. The molecular formula is C25H17F6N5O3. The van der Waals surface area contributed by atoms with E-state index >= 15 is 0 Å². The number of benzene rings is 2. The molecule has 0 atom stereocenters. The highest BCUT2D eigenvalue weighted by Gasteiger charge is 2.61. The molecule has 8 nitrogen and oxygen atoms in total. The molecule has 0 N–H and O–H groups in total. The average Bonchev–Trinajstić information content (AvgIpc) is 3.35. The minimum absolute atomic E-state index is 0.000569. The van der Waals surface area contributed by atoms with Crippen molar-refractivity contribution in [1.29, 1.82) is 5.26 Å². The second-order valence-corrected chi connectivity index (χ2v) is 9.27. The van der Waals surface area contributed by atoms with Crippen molar-refractivity contribution in [3.8, 4) is 6.07 Å². The van der Waals surface area contributed by atoms with Crippen molar-refractivity contribution in [3.63, 3.8) is 0 Å². The second-order valence-electron chi connectivity index (χ2n) is 9.27. The largest absolute Gasteiger partial charge is 0.416 e. The van der Waals surface area contributed by atoms with Crippen LogP contribution in [0.5, 0.6) is 0 Å². The van der Waals surface area contributed by atoms with Gasteiger partial charge in [-0.2, -0.15) is 23.4 Å². The standard InChI is InChI=1S/C25H17F6N5O3/c26-17-7-14(10-32)3-6-18(17)35-12-19(37)36(11-13-1-4-16(5-2-13)25(29,30)31)24(23(35)38)8-15(9-24)22-33-21(20(27)28)34-39-22/h1-7,15,20H,8-9,11-12H2/t15-,24+. The average molecular weight is 549 g/mol. The van der Waals surface area contributed by atoms with E-state index in [1.807, 2.05) is 0 Å². The van der Waals surface area contributed by atoms with Gasteiger partial charge in [0.1, 0.15) is 17.9 Å². The van der Waals surface area contributed by atoms with Crippen molar-refractivity contribution in [2.24, 2.45) is 0 Å². The summed E-state index contributed by atoms with van der Waals surface area (Å²) in [6.07, 6.45) is -7.81. The van der Waals surface area contributed by atoms with Crippen molar-refractivity contribution in [3.05, 3.63) is 76.7 Å². The fraction of sp³-hybridized carbons (Fsp3) is 0.320. The predicted octanol–water partition coefficient (Wildman–Crippen LogP) is 4.73. The molecular weight excluding hydrogens is 532 g/mol. The van der Waals surface area contributed by atoms with Crippen molar-refractivity contribution in [2.75, 3.05) is 11.4 Å². The van der Waals surface area contributed by atoms with Crippen LogP contribution in [-0.2, 0) is 22.3 Å². The van der Waals surface area contributed by atoms with E-state index in [9.17, 15) is 35.9 Å². The molecule has 1 saturated carbocycles. The number of amides is 2. The number of piperazine rings is 1. The molecule has 5 rings (SSSR count). The van der Waals surface area contributed by atoms with Gasteiger partial charge in [-0.1, -0.05) is 17.3 Å². The minimum Gasteiger partial charge on any atom is -0.339 e. The number of nitriles is 1. The zero-order chi connectivity index (χ0) is 28.1. The molecule has 1 spiro atoms. The van der Waals surface area contributed by atoms with Crippen LogP contribution in [0, 0.1) is 17.1 Å². The van der Waals surface area contributed by atoms with Gasteiger partial charge >= 0.3 is 12.6 Å². The third-order valence-corrected chi connectivity index (χ3v) is 6.91. The maximum absolute atomic E-state index is 14.8. The number of aromatic nitrogens is 2. The van der Waals surface area contributed by atoms with Crippen molar-refractivity contribution < 1.29 is 40.5 Å². The zero-order valence-electron chi connectivity index (χ0n) is 19.8. The van der Waals surface area contributed by atoms with E-state index in [2.05, 4.69) is 10.1 Å². The van der Waals surface area contributed by atoms with E-state index < -0.39 is 59.6 Å². The lowest BCUT2D eigenvalue weighted by atomic mass is 9.65. The van der Waals surface area contributed by atoms with Gasteiger partial charge in [-0.3, -0.25) is 14.5 Å². The molecule has 2 aliphatic rings. The zero-order valence-corrected chi connectivity index (χ0v) is 19.8. The maximum Gasteiger partial charge on any atom is 0.416 e. The lowest BCUT2D eigenvalue weighted by Gasteiger charge is -2.56. The highest BCUT2D eigenvalue weighted by Crippen LogP contribution is 2.51. The summed E-state index contributed by atoms with van der Waals surface area (Å²) in [6.45, 7) is -0.796. The number of carbonyl (C=O) groups is 2. The number of carbonyl (C=O) groups excluding carboxylic acids is 2. The Kier molecular flexibility index (Phi) is 6.32. The smallest absolute Gasteiger partial charge is 0.339 e. The monoisotopic (exact) mass is 549 g/mol. The van der Waals surface area contributed by atoms with Gasteiger partial charge in [0, 0.05) is 12.5 Å². The molecule has 0 unspecified atom stereocenters. The molecule has 0 radical (unpaired) electrons. The Morgan fingerprint density at radius 1 is 1.13 bits per heavy atom. The van der Waals surface area contributed by atoms with E-state index in [4.69, 9.17) is 9.78 Å². The third kappa shape index (κ3) is 4.58. The molecule has 3 aromatic rings. The number of rotatable bonds is 5. The lowest BCUT2D eigenvalue weighted by Crippen LogP contribution is -2.72. The first-order valence-electron chi connectivity index (χ1n) is 11.5. The second kappa shape index (κ2) is 9.40. The van der Waals surface area contributed by atoms with E-state index in [0.29, 0.717) is 5.56 Å². The Balaban J connectivity index is 1.48. The molecule has 2 fully saturated rings. The summed E-state index contributed by atoms with van der Waals surface area (Å²) in [7, 11) is 0. The molecule has 202 valence electrons. The lowest BCUT2D eigenvalue weighted by molar-refractivity contribution is -0.160. The fourth-order valence-corrected chi connectivity index (χ4v) is 4.94. The first kappa shape index (κ1) is 26.2. The van der Waals surface area contributed by atoms with Gasteiger partial charge in [-0.25, -0.2) is 13.2 Å². The molecule has 2 heterocycles. The highest BCUT2D eigenvalue weighted by atomic mass is 19.4. The number of hydrogen-bond donors (Lipinski definition) is 0. The van der Waals surface area contributed by atoms with Crippen molar-refractivity contribution in [2.45, 2.75) is 43.4 Å². The first-order valence-corrected chi connectivity index (χ1v) is 11.5. The van der Waals surface area contributed by atoms with Crippen LogP contribution in [0.3, 0.4) is 0 Å². The van der Waals surface area contributed by atoms with Crippen LogP contribution in [0.25, 0.3) is 0 Å². The number of nitrogens with zero attached hydrogens (tertiary/aromatic N) is 5. The third-order valence-electron chi connectivity index (χ3n) is 6.91. The van der Waals surface area contributed by atoms with Gasteiger partial charge in [0.05, 0.1) is 22.9 Å². The summed E-state index contributed by atoms with van der Waals surface area (Å²) >= 11 is 0. The first-order chi connectivity index (χ1) is 18.4. The van der Waals surface area contributed by atoms with Crippen LogP contribution in [0.2, 0.25) is 0 Å². The molecule has 2 aromatic carbocycles. The van der Waals surface area contributed by atoms with Gasteiger partial charge in [0.2, 0.25) is 17.6 Å². The summed E-state index contributed by atoms with van der Waals surface area (Å²) in [5.41, 5.74) is -2.40. The Morgan fingerprint density at radius 3 is 2.38 bits per heavy atom. The van der Waals surface area contributed by atoms with Crippen molar-refractivity contribution in [1.82, 2.24) is 15.0 Å². The Morgan fingerprint density at radius 2 is 1.82 bits per heavy atom. The molecule has 0 bridgehead atoms. The van der Waals surface area contributed by atoms with Gasteiger partial charge < -0.3 is 9.42 Å². The fourth-order valence-electron chi connectivity index (χ4n) is 4.94. The Bertz CT molecular complexity index is 1470. The highest BCUT2D eigenvalue weighted by molar-refractivity contribution is 6.10. The van der Waals surface area contributed by atoms with Gasteiger partial charge in [-0.15, -0.1) is 0 Å². The predicted molar refractivity (Wildman–Crippen MR) is 119 cm³/mol. The summed E-state index contributed by atoms with van der Waals surface area (Å²) in [4.78, 5) is 33.0. The van der Waals surface area contributed by atoms with Crippen LogP contribution >= 0.6 is 0 Å². The number of anilines is 1. The number of alkyl halides is 5. The van der Waals surface area contributed by atoms with Crippen LogP contribution in [-0.4, -0.2) is 38.9 Å². The van der Waals surface area contributed by atoms with E-state index in [1.54, 1.807) is 6.07 Å². The molecule has 1 aliphatic carbocycles. The SMILES string of the molecule is N#Cc1ccc(N2CC(=O)N(Cc3ccc(C(F)(F)F)cc3)[C@]3(C[C@@H](c4nc(C(F)F)no4)C3)C2=O)c(F)c1. The number of hydrogen-bond acceptors (Lipinski definition) is 6. The Hall–Kier alpha value is -4.41. The molecule has 14 heteroatoms. The van der Waals surface area contributed by atoms with Crippen molar-refractivity contribution >= 4 is 17.5 Å². The molecule has 2 amide bonds. The molecule has 1 aromatic heterocycles. The normalized spacial score (nSPS) is 21.4. The maximum atomic E-state index is 14.8. The summed E-state index contributed by atoms with van der Waals surface area (Å²) in [6, 6.07) is 9.24. The van der Waals surface area contributed by atoms with E-state index in [0.717, 1.165) is 23.1 Å². The quantitative estimate of drug-likeness (QED) is 0.427. The van der Waals surface area contributed by atoms with Crippen LogP contribution in [0.1, 0.15) is 53.6 Å². The molecule has 1 aliphatic heterocycles. The molecule has 39 heavy (non-hydrogen) atoms. The Labute approximate surface area is 216 Å². The topological polar surface area (TPSA) is 103 Å². The van der Waals surface area contributed by atoms with Gasteiger partial charge in [0.15, 0.2) is 0 Å². The van der Waals surface area contributed by atoms with E-state index in [1.165, 1.54) is 29.2 Å². The number of halogens is 6. The van der Waals surface area contributed by atoms with Crippen LogP contribution in [0.15, 0.2) is 47.0 Å². The molecule has 1 saturated heterocycles. The van der Waals surface area contributed by atoms with Crippen LogP contribution in [0.4, 0.5) is 32.0 Å². The summed E-state index contributed by atoms with van der Waals surface area (Å²) in [5.74, 6) is -3.87. The summed E-state index contributed by atoms with van der Waals surface area (Å²) < 4.78 is 84.6. The summed E-state index contributed by atoms with van der Waals surface area (Å²) in [5, 5.41) is 12.2. The van der Waals surface area contributed by atoms with E-state index in [-0.39, 0.29) is 36.5 Å². The van der Waals surface area contributed by atoms with Crippen LogP contribution < -0.4 is 4.90 Å². The van der Waals surface area contributed by atoms with Gasteiger partial charge in [-0.05, 0) is 48.7 Å². The van der Waals surface area contributed by atoms with Gasteiger partial charge in [0.25, 0.3) is 5.91 Å².